The van der Waals surface area contributed by atoms with Gasteiger partial charge in [0.05, 0.1) is 5.69 Å². The zero-order chi connectivity index (χ0) is 23.7. The van der Waals surface area contributed by atoms with Gasteiger partial charge in [0, 0.05) is 56.1 Å². The Bertz CT molecular complexity index is 1200. The molecule has 6 nitrogen and oxygen atoms in total. The molecule has 1 spiro atoms. The zero-order valence-corrected chi connectivity index (χ0v) is 18.7. The topological polar surface area (TPSA) is 53.9 Å². The van der Waals surface area contributed by atoms with Crippen molar-refractivity contribution in [2.24, 2.45) is 10.6 Å². The molecule has 0 atom stereocenters. The van der Waals surface area contributed by atoms with E-state index in [2.05, 4.69) is 20.0 Å². The van der Waals surface area contributed by atoms with Gasteiger partial charge in [0.15, 0.2) is 23.3 Å². The standard InChI is InChI=1S/C25H24F3N5O/c1-2-34-31-23(18-6-7-19(26)21(28)10-18)22-8-5-17(11-30-22)12-32-13-25(14-32)15-33(16-25)24-20(27)4-3-9-29-24/h3-11H,2,12-16H2,1H3/b31-23+. The third-order valence-corrected chi connectivity index (χ3v) is 6.16. The molecule has 2 aliphatic heterocycles. The molecule has 2 aromatic heterocycles. The second kappa shape index (κ2) is 9.06. The number of benzene rings is 1. The highest BCUT2D eigenvalue weighted by molar-refractivity contribution is 6.11. The van der Waals surface area contributed by atoms with Crippen molar-refractivity contribution in [3.63, 3.8) is 0 Å². The number of rotatable bonds is 7. The summed E-state index contributed by atoms with van der Waals surface area (Å²) in [7, 11) is 0. The highest BCUT2D eigenvalue weighted by Gasteiger charge is 2.52. The molecule has 3 aromatic rings. The summed E-state index contributed by atoms with van der Waals surface area (Å²) in [6, 6.07) is 10.4. The average Bonchev–Trinajstić information content (AvgIpc) is 2.78. The minimum Gasteiger partial charge on any atom is -0.396 e. The summed E-state index contributed by atoms with van der Waals surface area (Å²) in [5, 5.41) is 4.07. The van der Waals surface area contributed by atoms with Crippen molar-refractivity contribution < 1.29 is 18.0 Å². The number of halogens is 3. The molecule has 5 rings (SSSR count). The highest BCUT2D eigenvalue weighted by atomic mass is 19.2. The molecule has 0 N–H and O–H groups in total. The number of oxime groups is 1. The fourth-order valence-electron chi connectivity index (χ4n) is 4.67. The first-order chi connectivity index (χ1) is 16.5. The molecule has 0 bridgehead atoms. The number of pyridine rings is 2. The van der Waals surface area contributed by atoms with E-state index in [1.807, 2.05) is 11.0 Å². The second-order valence-electron chi connectivity index (χ2n) is 8.85. The van der Waals surface area contributed by atoms with Gasteiger partial charge >= 0.3 is 0 Å². The molecule has 1 aromatic carbocycles. The van der Waals surface area contributed by atoms with Gasteiger partial charge in [-0.1, -0.05) is 11.2 Å². The summed E-state index contributed by atoms with van der Waals surface area (Å²) >= 11 is 0. The summed E-state index contributed by atoms with van der Waals surface area (Å²) in [6.07, 6.45) is 3.38. The van der Waals surface area contributed by atoms with Crippen LogP contribution in [-0.4, -0.2) is 53.4 Å². The lowest BCUT2D eigenvalue weighted by atomic mass is 9.72. The molecule has 2 fully saturated rings. The molecule has 0 unspecified atom stereocenters. The first kappa shape index (κ1) is 22.3. The number of aromatic nitrogens is 2. The summed E-state index contributed by atoms with van der Waals surface area (Å²) in [4.78, 5) is 18.1. The van der Waals surface area contributed by atoms with Crippen LogP contribution in [0.5, 0.6) is 0 Å². The van der Waals surface area contributed by atoms with Crippen LogP contribution >= 0.6 is 0 Å². The Kier molecular flexibility index (Phi) is 5.95. The lowest BCUT2D eigenvalue weighted by Crippen LogP contribution is -2.72. The molecular weight excluding hydrogens is 443 g/mol. The largest absolute Gasteiger partial charge is 0.396 e. The van der Waals surface area contributed by atoms with Gasteiger partial charge in [-0.15, -0.1) is 0 Å². The lowest BCUT2D eigenvalue weighted by Gasteiger charge is -2.60. The maximum Gasteiger partial charge on any atom is 0.165 e. The van der Waals surface area contributed by atoms with Gasteiger partial charge in [-0.25, -0.2) is 18.2 Å². The van der Waals surface area contributed by atoms with Crippen LogP contribution in [0.1, 0.15) is 23.7 Å². The van der Waals surface area contributed by atoms with Crippen LogP contribution in [0.25, 0.3) is 0 Å². The molecule has 0 saturated carbocycles. The van der Waals surface area contributed by atoms with Gasteiger partial charge in [0.2, 0.25) is 0 Å². The fraction of sp³-hybridized carbons (Fsp3) is 0.320. The number of likely N-dealkylation sites (tertiary alicyclic amines) is 1. The normalized spacial score (nSPS) is 17.4. The van der Waals surface area contributed by atoms with Crippen LogP contribution in [0.15, 0.2) is 60.0 Å². The van der Waals surface area contributed by atoms with Crippen LogP contribution in [-0.2, 0) is 11.4 Å². The molecule has 2 aliphatic rings. The zero-order valence-electron chi connectivity index (χ0n) is 18.7. The molecule has 0 amide bonds. The van der Waals surface area contributed by atoms with Gasteiger partial charge < -0.3 is 9.74 Å². The van der Waals surface area contributed by atoms with Crippen LogP contribution < -0.4 is 4.90 Å². The quantitative estimate of drug-likeness (QED) is 0.388. The molecule has 4 heterocycles. The Balaban J connectivity index is 1.20. The van der Waals surface area contributed by atoms with Crippen LogP contribution in [0.3, 0.4) is 0 Å². The van der Waals surface area contributed by atoms with Crippen molar-refractivity contribution in [2.75, 3.05) is 37.7 Å². The number of anilines is 1. The van der Waals surface area contributed by atoms with Gasteiger partial charge in [0.25, 0.3) is 0 Å². The van der Waals surface area contributed by atoms with Crippen molar-refractivity contribution >= 4 is 11.5 Å². The van der Waals surface area contributed by atoms with Crippen molar-refractivity contribution in [1.82, 2.24) is 14.9 Å². The maximum absolute atomic E-state index is 13.9. The molecule has 0 aliphatic carbocycles. The van der Waals surface area contributed by atoms with Crippen LogP contribution in [0.2, 0.25) is 0 Å². The predicted molar refractivity (Wildman–Crippen MR) is 122 cm³/mol. The predicted octanol–water partition coefficient (Wildman–Crippen LogP) is 4.01. The Morgan fingerprint density at radius 1 is 1.00 bits per heavy atom. The Hall–Kier alpha value is -3.46. The maximum atomic E-state index is 13.9. The van der Waals surface area contributed by atoms with Gasteiger partial charge in [-0.05, 0) is 48.9 Å². The van der Waals surface area contributed by atoms with Crippen molar-refractivity contribution in [3.05, 3.63) is 89.1 Å². The average molecular weight is 467 g/mol. The third kappa shape index (κ3) is 4.35. The first-order valence-electron chi connectivity index (χ1n) is 11.1. The van der Waals surface area contributed by atoms with E-state index in [-0.39, 0.29) is 11.2 Å². The van der Waals surface area contributed by atoms with Gasteiger partial charge in [-0.3, -0.25) is 9.88 Å². The Morgan fingerprint density at radius 2 is 1.82 bits per heavy atom. The van der Waals surface area contributed by atoms with Gasteiger partial charge in [0.1, 0.15) is 12.3 Å². The Labute approximate surface area is 195 Å². The number of hydrogen-bond donors (Lipinski definition) is 0. The molecule has 2 saturated heterocycles. The van der Waals surface area contributed by atoms with Crippen LogP contribution in [0.4, 0.5) is 19.0 Å². The second-order valence-corrected chi connectivity index (χ2v) is 8.85. The molecule has 34 heavy (non-hydrogen) atoms. The van der Waals surface area contributed by atoms with E-state index in [4.69, 9.17) is 4.84 Å². The van der Waals surface area contributed by atoms with E-state index in [1.165, 1.54) is 12.1 Å². The summed E-state index contributed by atoms with van der Waals surface area (Å²) in [5.74, 6) is -1.73. The summed E-state index contributed by atoms with van der Waals surface area (Å²) in [5.41, 5.74) is 2.46. The third-order valence-electron chi connectivity index (χ3n) is 6.16. The van der Waals surface area contributed by atoms with E-state index in [1.54, 1.807) is 31.5 Å². The molecule has 9 heteroatoms. The van der Waals surface area contributed by atoms with Gasteiger partial charge in [-0.2, -0.15) is 0 Å². The highest BCUT2D eigenvalue weighted by Crippen LogP contribution is 2.42. The van der Waals surface area contributed by atoms with Crippen LogP contribution in [0, 0.1) is 22.9 Å². The van der Waals surface area contributed by atoms with E-state index < -0.39 is 11.6 Å². The summed E-state index contributed by atoms with van der Waals surface area (Å²) in [6.45, 7) is 6.36. The lowest BCUT2D eigenvalue weighted by molar-refractivity contribution is -0.0280. The molecular formula is C25H24F3N5O. The van der Waals surface area contributed by atoms with E-state index >= 15 is 0 Å². The van der Waals surface area contributed by atoms with E-state index in [9.17, 15) is 13.2 Å². The van der Waals surface area contributed by atoms with E-state index in [0.29, 0.717) is 29.4 Å². The smallest absolute Gasteiger partial charge is 0.165 e. The first-order valence-corrected chi connectivity index (χ1v) is 11.1. The minimum absolute atomic E-state index is 0.196. The fourth-order valence-corrected chi connectivity index (χ4v) is 4.67. The molecule has 0 radical (unpaired) electrons. The minimum atomic E-state index is -0.953. The van der Waals surface area contributed by atoms with Crippen molar-refractivity contribution in [2.45, 2.75) is 13.5 Å². The SMILES string of the molecule is CCO/N=C(\c1ccc(F)c(F)c1)c1ccc(CN2CC3(C2)CN(c2ncccc2F)C3)cn1. The Morgan fingerprint density at radius 3 is 2.50 bits per heavy atom. The summed E-state index contributed by atoms with van der Waals surface area (Å²) < 4.78 is 41.0. The number of hydrogen-bond acceptors (Lipinski definition) is 6. The monoisotopic (exact) mass is 467 g/mol. The number of nitrogens with zero attached hydrogens (tertiary/aromatic N) is 5. The van der Waals surface area contributed by atoms with Crippen molar-refractivity contribution in [1.29, 1.82) is 0 Å². The molecule has 176 valence electrons. The van der Waals surface area contributed by atoms with E-state index in [0.717, 1.165) is 50.4 Å². The van der Waals surface area contributed by atoms with Crippen molar-refractivity contribution in [3.8, 4) is 0 Å².